The summed E-state index contributed by atoms with van der Waals surface area (Å²) in [6.45, 7) is 2.70. The van der Waals surface area contributed by atoms with Gasteiger partial charge in [-0.3, -0.25) is 4.90 Å². The van der Waals surface area contributed by atoms with E-state index in [2.05, 4.69) is 38.3 Å². The molecule has 110 valence electrons. The van der Waals surface area contributed by atoms with Crippen LogP contribution in [-0.2, 0) is 4.74 Å². The molecule has 1 aromatic rings. The lowest BCUT2D eigenvalue weighted by molar-refractivity contribution is -0.0739. The molecule has 20 heavy (non-hydrogen) atoms. The second-order valence-corrected chi connectivity index (χ2v) is 6.82. The minimum atomic E-state index is 0.187. The molecule has 5 heteroatoms. The number of morpholine rings is 1. The third-order valence-electron chi connectivity index (χ3n) is 4.10. The number of hydrogen-bond acceptors (Lipinski definition) is 3. The molecular formula is C15H20BrClN2O. The fraction of sp³-hybridized carbons (Fsp3) is 0.600. The van der Waals surface area contributed by atoms with Gasteiger partial charge in [-0.1, -0.05) is 17.7 Å². The van der Waals surface area contributed by atoms with Crippen molar-refractivity contribution in [2.75, 3.05) is 26.7 Å². The zero-order valence-electron chi connectivity index (χ0n) is 11.6. The lowest BCUT2D eigenvalue weighted by Gasteiger charge is -2.42. The van der Waals surface area contributed by atoms with Crippen LogP contribution in [0.3, 0.4) is 0 Å². The van der Waals surface area contributed by atoms with Gasteiger partial charge in [0.2, 0.25) is 0 Å². The first-order valence-electron chi connectivity index (χ1n) is 7.17. The van der Waals surface area contributed by atoms with Crippen LogP contribution in [0.15, 0.2) is 22.7 Å². The van der Waals surface area contributed by atoms with E-state index in [1.165, 1.54) is 18.4 Å². The molecule has 3 rings (SSSR count). The molecule has 2 aliphatic rings. The third kappa shape index (κ3) is 3.04. The van der Waals surface area contributed by atoms with Crippen LogP contribution in [-0.4, -0.2) is 43.8 Å². The van der Waals surface area contributed by atoms with E-state index < -0.39 is 0 Å². The van der Waals surface area contributed by atoms with E-state index >= 15 is 0 Å². The molecule has 1 saturated heterocycles. The molecule has 0 radical (unpaired) electrons. The number of hydrogen-bond donors (Lipinski definition) is 1. The molecule has 1 heterocycles. The van der Waals surface area contributed by atoms with E-state index in [1.807, 2.05) is 13.1 Å². The summed E-state index contributed by atoms with van der Waals surface area (Å²) in [6.07, 6.45) is 2.81. The second-order valence-electron chi connectivity index (χ2n) is 5.55. The standard InChI is InChI=1S/C15H20BrClN2O/c1-18-9-14-15(10-2-5-12(16)13(17)8-10)19(6-7-20-14)11-3-4-11/h2,5,8,11,14-15,18H,3-4,6-7,9H2,1H3. The number of rotatable bonds is 4. The first kappa shape index (κ1) is 14.8. The highest BCUT2D eigenvalue weighted by Crippen LogP contribution is 2.40. The minimum absolute atomic E-state index is 0.187. The SMILES string of the molecule is CNCC1OCCN(C2CC2)C1c1ccc(Br)c(Cl)c1. The molecule has 1 aliphatic carbocycles. The summed E-state index contributed by atoms with van der Waals surface area (Å²) in [4.78, 5) is 2.60. The molecular weight excluding hydrogens is 340 g/mol. The van der Waals surface area contributed by atoms with Gasteiger partial charge in [0.05, 0.1) is 23.8 Å². The summed E-state index contributed by atoms with van der Waals surface area (Å²) < 4.78 is 6.95. The van der Waals surface area contributed by atoms with Crippen molar-refractivity contribution >= 4 is 27.5 Å². The van der Waals surface area contributed by atoms with Crippen molar-refractivity contribution in [3.63, 3.8) is 0 Å². The molecule has 1 N–H and O–H groups in total. The van der Waals surface area contributed by atoms with Crippen LogP contribution in [0.1, 0.15) is 24.4 Å². The van der Waals surface area contributed by atoms with Crippen LogP contribution in [0.25, 0.3) is 0 Å². The Kier molecular flexibility index (Phi) is 4.68. The average Bonchev–Trinajstić information content (AvgIpc) is 3.27. The van der Waals surface area contributed by atoms with Gasteiger partial charge in [0.25, 0.3) is 0 Å². The maximum atomic E-state index is 6.28. The van der Waals surface area contributed by atoms with Crippen molar-refractivity contribution in [3.8, 4) is 0 Å². The van der Waals surface area contributed by atoms with E-state index in [-0.39, 0.29) is 6.10 Å². The predicted molar refractivity (Wildman–Crippen MR) is 85.3 cm³/mol. The van der Waals surface area contributed by atoms with Crippen molar-refractivity contribution in [3.05, 3.63) is 33.3 Å². The topological polar surface area (TPSA) is 24.5 Å². The summed E-state index contributed by atoms with van der Waals surface area (Å²) >= 11 is 9.75. The summed E-state index contributed by atoms with van der Waals surface area (Å²) in [5.74, 6) is 0. The van der Waals surface area contributed by atoms with Crippen LogP contribution in [0, 0.1) is 0 Å². The Morgan fingerprint density at radius 2 is 2.25 bits per heavy atom. The Labute approximate surface area is 133 Å². The smallest absolute Gasteiger partial charge is 0.0896 e. The van der Waals surface area contributed by atoms with E-state index in [0.717, 1.165) is 35.2 Å². The molecule has 0 amide bonds. The number of ether oxygens (including phenoxy) is 1. The Bertz CT molecular complexity index is 479. The van der Waals surface area contributed by atoms with Crippen molar-refractivity contribution < 1.29 is 4.74 Å². The highest BCUT2D eigenvalue weighted by Gasteiger charge is 2.41. The van der Waals surface area contributed by atoms with Crippen LogP contribution < -0.4 is 5.32 Å². The first-order chi connectivity index (χ1) is 9.70. The van der Waals surface area contributed by atoms with Gasteiger partial charge in [0.15, 0.2) is 0 Å². The Morgan fingerprint density at radius 1 is 1.45 bits per heavy atom. The molecule has 3 nitrogen and oxygen atoms in total. The maximum absolute atomic E-state index is 6.28. The van der Waals surface area contributed by atoms with Gasteiger partial charge in [0.1, 0.15) is 0 Å². The van der Waals surface area contributed by atoms with Crippen molar-refractivity contribution in [1.82, 2.24) is 10.2 Å². The second kappa shape index (κ2) is 6.32. The molecule has 1 aliphatic heterocycles. The van der Waals surface area contributed by atoms with E-state index in [1.54, 1.807) is 0 Å². The Balaban J connectivity index is 1.91. The van der Waals surface area contributed by atoms with E-state index in [9.17, 15) is 0 Å². The number of benzene rings is 1. The Morgan fingerprint density at radius 3 is 2.90 bits per heavy atom. The lowest BCUT2D eigenvalue weighted by atomic mass is 9.97. The van der Waals surface area contributed by atoms with Gasteiger partial charge >= 0.3 is 0 Å². The number of nitrogens with one attached hydrogen (secondary N) is 1. The first-order valence-corrected chi connectivity index (χ1v) is 8.34. The molecule has 0 aromatic heterocycles. The molecule has 2 fully saturated rings. The zero-order valence-corrected chi connectivity index (χ0v) is 14.0. The van der Waals surface area contributed by atoms with Crippen molar-refractivity contribution in [1.29, 1.82) is 0 Å². The van der Waals surface area contributed by atoms with Gasteiger partial charge in [0, 0.05) is 23.6 Å². The van der Waals surface area contributed by atoms with Gasteiger partial charge in [-0.2, -0.15) is 0 Å². The number of halogens is 2. The average molecular weight is 360 g/mol. The highest BCUT2D eigenvalue weighted by molar-refractivity contribution is 9.10. The number of nitrogens with zero attached hydrogens (tertiary/aromatic N) is 1. The molecule has 1 saturated carbocycles. The molecule has 0 spiro atoms. The molecule has 0 bridgehead atoms. The molecule has 2 atom stereocenters. The monoisotopic (exact) mass is 358 g/mol. The van der Waals surface area contributed by atoms with E-state index in [0.29, 0.717) is 6.04 Å². The summed E-state index contributed by atoms with van der Waals surface area (Å²) in [6, 6.07) is 7.30. The van der Waals surface area contributed by atoms with Crippen LogP contribution in [0.5, 0.6) is 0 Å². The quantitative estimate of drug-likeness (QED) is 0.893. The molecule has 1 aromatic carbocycles. The highest BCUT2D eigenvalue weighted by atomic mass is 79.9. The van der Waals surface area contributed by atoms with Crippen LogP contribution in [0.2, 0.25) is 5.02 Å². The summed E-state index contributed by atoms with van der Waals surface area (Å²) in [5.41, 5.74) is 1.25. The van der Waals surface area contributed by atoms with Gasteiger partial charge < -0.3 is 10.1 Å². The van der Waals surface area contributed by atoms with Gasteiger partial charge in [-0.25, -0.2) is 0 Å². The summed E-state index contributed by atoms with van der Waals surface area (Å²) in [5, 5.41) is 4.02. The molecule has 2 unspecified atom stereocenters. The third-order valence-corrected chi connectivity index (χ3v) is 5.33. The Hall–Kier alpha value is -0.130. The fourth-order valence-electron chi connectivity index (χ4n) is 3.04. The van der Waals surface area contributed by atoms with Crippen molar-refractivity contribution in [2.45, 2.75) is 31.0 Å². The van der Waals surface area contributed by atoms with Gasteiger partial charge in [-0.05, 0) is 53.5 Å². The fourth-order valence-corrected chi connectivity index (χ4v) is 3.48. The van der Waals surface area contributed by atoms with Crippen molar-refractivity contribution in [2.24, 2.45) is 0 Å². The van der Waals surface area contributed by atoms with Gasteiger partial charge in [-0.15, -0.1) is 0 Å². The van der Waals surface area contributed by atoms with Crippen LogP contribution in [0.4, 0.5) is 0 Å². The largest absolute Gasteiger partial charge is 0.374 e. The summed E-state index contributed by atoms with van der Waals surface area (Å²) in [7, 11) is 1.98. The lowest BCUT2D eigenvalue weighted by Crippen LogP contribution is -2.49. The predicted octanol–water partition coefficient (Wildman–Crippen LogP) is 3.23. The van der Waals surface area contributed by atoms with Crippen LogP contribution >= 0.6 is 27.5 Å². The normalized spacial score (nSPS) is 27.8. The number of likely N-dealkylation sites (N-methyl/N-ethyl adjacent to an activating group) is 1. The maximum Gasteiger partial charge on any atom is 0.0896 e. The minimum Gasteiger partial charge on any atom is -0.374 e. The van der Waals surface area contributed by atoms with E-state index in [4.69, 9.17) is 16.3 Å². The zero-order chi connectivity index (χ0) is 14.1.